The van der Waals surface area contributed by atoms with Crippen LogP contribution >= 0.6 is 34.3 Å². The molecule has 1 amide bonds. The molecule has 1 N–H and O–H groups in total. The van der Waals surface area contributed by atoms with Gasteiger partial charge in [-0.25, -0.2) is 24.3 Å². The van der Waals surface area contributed by atoms with E-state index < -0.39 is 12.0 Å². The van der Waals surface area contributed by atoms with Crippen molar-refractivity contribution >= 4 is 56.9 Å². The molecule has 198 valence electrons. The van der Waals surface area contributed by atoms with E-state index in [2.05, 4.69) is 20.0 Å². The molecule has 1 unspecified atom stereocenters. The van der Waals surface area contributed by atoms with Crippen LogP contribution in [0.1, 0.15) is 37.1 Å². The first-order valence-corrected chi connectivity index (χ1v) is 13.9. The highest BCUT2D eigenvalue weighted by Gasteiger charge is 2.39. The maximum absolute atomic E-state index is 13.5. The molecule has 1 atom stereocenters. The molecule has 4 aromatic heterocycles. The molecular formula is C23H22ClN7O5S2. The highest BCUT2D eigenvalue weighted by atomic mass is 35.5. The summed E-state index contributed by atoms with van der Waals surface area (Å²) in [6.07, 6.45) is 1.84. The van der Waals surface area contributed by atoms with Gasteiger partial charge in [0.15, 0.2) is 17.5 Å². The first-order valence-electron chi connectivity index (χ1n) is 11.8. The van der Waals surface area contributed by atoms with Crippen LogP contribution in [0.3, 0.4) is 0 Å². The highest BCUT2D eigenvalue weighted by Crippen LogP contribution is 2.38. The van der Waals surface area contributed by atoms with Crippen LogP contribution in [0.5, 0.6) is 5.75 Å². The summed E-state index contributed by atoms with van der Waals surface area (Å²) in [4.78, 5) is 43.1. The zero-order chi connectivity index (χ0) is 26.4. The second-order valence-corrected chi connectivity index (χ2v) is 11.3. The van der Waals surface area contributed by atoms with Crippen LogP contribution in [0.15, 0.2) is 18.3 Å². The van der Waals surface area contributed by atoms with E-state index >= 15 is 0 Å². The standard InChI is InChI=1S/C23H22ClN7O5S2/c1-12-28-31-18-13(26-23(31)37-12)4-5-30(19(18)21-25-10-15(38-21)22(33)34)17(32)11-36-14-2-3-16(27-20(14)24)29-6-8-35-9-7-29/h2-3,10,19H,4-9,11H2,1H3,(H,33,34). The molecule has 6 heterocycles. The molecule has 12 nitrogen and oxygen atoms in total. The number of halogens is 1. The fourth-order valence-corrected chi connectivity index (χ4v) is 6.45. The number of imidazole rings is 1. The van der Waals surface area contributed by atoms with Gasteiger partial charge in [-0.1, -0.05) is 22.9 Å². The summed E-state index contributed by atoms with van der Waals surface area (Å²) >= 11 is 8.87. The van der Waals surface area contributed by atoms with E-state index in [1.807, 2.05) is 13.0 Å². The summed E-state index contributed by atoms with van der Waals surface area (Å²) in [6, 6.07) is 2.86. The molecule has 1 saturated heterocycles. The Hall–Kier alpha value is -3.33. The van der Waals surface area contributed by atoms with Crippen LogP contribution in [0.2, 0.25) is 5.15 Å². The number of nitrogens with zero attached hydrogens (tertiary/aromatic N) is 7. The number of thiazole rings is 1. The van der Waals surface area contributed by atoms with Gasteiger partial charge in [-0.2, -0.15) is 5.10 Å². The van der Waals surface area contributed by atoms with Crippen molar-refractivity contribution in [3.8, 4) is 5.75 Å². The molecule has 0 bridgehead atoms. The molecule has 0 saturated carbocycles. The van der Waals surface area contributed by atoms with E-state index in [4.69, 9.17) is 26.1 Å². The first kappa shape index (κ1) is 25.0. The van der Waals surface area contributed by atoms with Gasteiger partial charge in [0, 0.05) is 26.1 Å². The average molecular weight is 576 g/mol. The number of carbonyl (C=O) groups excluding carboxylic acids is 1. The Labute approximate surface area is 229 Å². The minimum Gasteiger partial charge on any atom is -0.481 e. The van der Waals surface area contributed by atoms with Crippen LogP contribution in [-0.4, -0.2) is 85.9 Å². The zero-order valence-electron chi connectivity index (χ0n) is 20.2. The number of pyridine rings is 1. The number of amides is 1. The molecule has 2 aliphatic heterocycles. The third-order valence-electron chi connectivity index (χ3n) is 6.35. The minimum absolute atomic E-state index is 0.0872. The Bertz CT molecular complexity index is 1530. The van der Waals surface area contributed by atoms with Crippen molar-refractivity contribution in [2.24, 2.45) is 0 Å². The van der Waals surface area contributed by atoms with Crippen LogP contribution in [0.25, 0.3) is 4.96 Å². The molecule has 15 heteroatoms. The number of fused-ring (bicyclic) bond motifs is 3. The van der Waals surface area contributed by atoms with Gasteiger partial charge in [0.05, 0.1) is 30.8 Å². The second kappa shape index (κ2) is 10.1. The van der Waals surface area contributed by atoms with E-state index in [0.29, 0.717) is 42.6 Å². The number of anilines is 1. The number of rotatable bonds is 6. The second-order valence-electron chi connectivity index (χ2n) is 8.71. The van der Waals surface area contributed by atoms with Crippen LogP contribution in [0.4, 0.5) is 5.82 Å². The van der Waals surface area contributed by atoms with Crippen LogP contribution in [-0.2, 0) is 16.0 Å². The normalized spacial score (nSPS) is 17.6. The molecule has 4 aromatic rings. The van der Waals surface area contributed by atoms with Gasteiger partial charge in [0.1, 0.15) is 26.8 Å². The van der Waals surface area contributed by atoms with Gasteiger partial charge >= 0.3 is 5.97 Å². The van der Waals surface area contributed by atoms with Crippen molar-refractivity contribution in [1.29, 1.82) is 0 Å². The Morgan fingerprint density at radius 1 is 1.21 bits per heavy atom. The number of aryl methyl sites for hydroxylation is 1. The smallest absolute Gasteiger partial charge is 0.347 e. The molecular weight excluding hydrogens is 554 g/mol. The first-order chi connectivity index (χ1) is 18.4. The van der Waals surface area contributed by atoms with Gasteiger partial charge in [0.2, 0.25) is 4.96 Å². The van der Waals surface area contributed by atoms with E-state index in [-0.39, 0.29) is 22.5 Å². The fourth-order valence-electron chi connectivity index (χ4n) is 4.60. The summed E-state index contributed by atoms with van der Waals surface area (Å²) in [5, 5.41) is 15.5. The predicted octanol–water partition coefficient (Wildman–Crippen LogP) is 2.69. The highest BCUT2D eigenvalue weighted by molar-refractivity contribution is 7.16. The molecule has 0 aliphatic carbocycles. The summed E-state index contributed by atoms with van der Waals surface area (Å²) in [6.45, 7) is 4.67. The average Bonchev–Trinajstić information content (AvgIpc) is 3.62. The molecule has 38 heavy (non-hydrogen) atoms. The Kier molecular flexibility index (Phi) is 6.63. The third-order valence-corrected chi connectivity index (χ3v) is 8.48. The quantitative estimate of drug-likeness (QED) is 0.342. The number of ether oxygens (including phenoxy) is 2. The zero-order valence-corrected chi connectivity index (χ0v) is 22.6. The number of carboxylic acids is 1. The lowest BCUT2D eigenvalue weighted by molar-refractivity contribution is -0.135. The number of aromatic nitrogens is 5. The lowest BCUT2D eigenvalue weighted by Crippen LogP contribution is -2.43. The van der Waals surface area contributed by atoms with Gasteiger partial charge in [-0.15, -0.1) is 11.3 Å². The molecule has 2 aliphatic rings. The van der Waals surface area contributed by atoms with Gasteiger partial charge in [-0.3, -0.25) is 4.79 Å². The number of hydrogen-bond donors (Lipinski definition) is 1. The fraction of sp³-hybridized carbons (Fsp3) is 0.391. The molecule has 0 radical (unpaired) electrons. The Morgan fingerprint density at radius 3 is 2.76 bits per heavy atom. The lowest BCUT2D eigenvalue weighted by Gasteiger charge is -2.34. The number of morpholine rings is 1. The molecule has 0 spiro atoms. The van der Waals surface area contributed by atoms with Gasteiger partial charge in [0.25, 0.3) is 5.91 Å². The number of aromatic carboxylic acids is 1. The largest absolute Gasteiger partial charge is 0.481 e. The van der Waals surface area contributed by atoms with E-state index in [1.54, 1.807) is 15.5 Å². The van der Waals surface area contributed by atoms with E-state index in [1.165, 1.54) is 17.5 Å². The number of carboxylic acid groups (broad SMARTS) is 1. The Morgan fingerprint density at radius 2 is 2.03 bits per heavy atom. The van der Waals surface area contributed by atoms with Crippen molar-refractivity contribution < 1.29 is 24.2 Å². The van der Waals surface area contributed by atoms with Crippen LogP contribution in [0, 0.1) is 6.92 Å². The summed E-state index contributed by atoms with van der Waals surface area (Å²) < 4.78 is 12.9. The maximum Gasteiger partial charge on any atom is 0.347 e. The summed E-state index contributed by atoms with van der Waals surface area (Å²) in [5.74, 6) is -0.350. The number of hydrogen-bond acceptors (Lipinski definition) is 11. The maximum atomic E-state index is 13.5. The van der Waals surface area contributed by atoms with Gasteiger partial charge in [-0.05, 0) is 19.1 Å². The van der Waals surface area contributed by atoms with Crippen LogP contribution < -0.4 is 9.64 Å². The third kappa shape index (κ3) is 4.57. The van der Waals surface area contributed by atoms with Crippen molar-refractivity contribution in [2.75, 3.05) is 44.4 Å². The SMILES string of the molecule is Cc1nn2c3c(nc2s1)CCN(C(=O)COc1ccc(N2CCOCC2)nc1Cl)C3c1ncc(C(=O)O)s1. The van der Waals surface area contributed by atoms with Gasteiger partial charge < -0.3 is 24.4 Å². The van der Waals surface area contributed by atoms with Crippen molar-refractivity contribution in [1.82, 2.24) is 29.5 Å². The minimum atomic E-state index is -1.07. The Balaban J connectivity index is 1.26. The van der Waals surface area contributed by atoms with E-state index in [9.17, 15) is 14.7 Å². The number of carbonyl (C=O) groups is 2. The topological polar surface area (TPSA) is 135 Å². The summed E-state index contributed by atoms with van der Waals surface area (Å²) in [5.41, 5.74) is 1.53. The van der Waals surface area contributed by atoms with Crippen molar-refractivity contribution in [3.05, 3.63) is 49.8 Å². The van der Waals surface area contributed by atoms with Crippen molar-refractivity contribution in [2.45, 2.75) is 19.4 Å². The van der Waals surface area contributed by atoms with E-state index in [0.717, 1.165) is 45.9 Å². The van der Waals surface area contributed by atoms with Crippen molar-refractivity contribution in [3.63, 3.8) is 0 Å². The molecule has 1 fully saturated rings. The summed E-state index contributed by atoms with van der Waals surface area (Å²) in [7, 11) is 0. The lowest BCUT2D eigenvalue weighted by atomic mass is 10.0. The molecule has 0 aromatic carbocycles. The predicted molar refractivity (Wildman–Crippen MR) is 140 cm³/mol. The molecule has 6 rings (SSSR count). The monoisotopic (exact) mass is 575 g/mol.